The number of aryl methyl sites for hydroxylation is 1. The molecule has 3 rings (SSSR count). The average Bonchev–Trinajstić information content (AvgIpc) is 3.25. The van der Waals surface area contributed by atoms with Crippen LogP contribution in [0.25, 0.3) is 0 Å². The zero-order chi connectivity index (χ0) is 19.8. The molecule has 1 amide bonds. The molecule has 0 radical (unpaired) electrons. The smallest absolute Gasteiger partial charge is 0.238 e. The van der Waals surface area contributed by atoms with Gasteiger partial charge < -0.3 is 5.32 Å². The Morgan fingerprint density at radius 3 is 2.39 bits per heavy atom. The maximum Gasteiger partial charge on any atom is 0.238 e. The second kappa shape index (κ2) is 9.84. The van der Waals surface area contributed by atoms with Gasteiger partial charge in [0.25, 0.3) is 0 Å². The van der Waals surface area contributed by atoms with Crippen molar-refractivity contribution in [2.24, 2.45) is 0 Å². The summed E-state index contributed by atoms with van der Waals surface area (Å²) in [6, 6.07) is 22.1. The Morgan fingerprint density at radius 1 is 1.07 bits per heavy atom. The number of hydrogen-bond acceptors (Lipinski definition) is 4. The van der Waals surface area contributed by atoms with Crippen LogP contribution in [0.5, 0.6) is 0 Å². The summed E-state index contributed by atoms with van der Waals surface area (Å²) in [5.41, 5.74) is 4.11. The molecular weight excluding hydrogens is 366 g/mol. The number of carbonyl (C=O) groups excluding carboxylic acids is 1. The zero-order valence-electron chi connectivity index (χ0n) is 15.8. The molecule has 2 aromatic carbocycles. The van der Waals surface area contributed by atoms with Crippen LogP contribution in [0.2, 0.25) is 0 Å². The Morgan fingerprint density at radius 2 is 1.79 bits per heavy atom. The van der Waals surface area contributed by atoms with Crippen molar-refractivity contribution in [2.75, 3.05) is 11.9 Å². The monoisotopic (exact) mass is 389 g/mol. The van der Waals surface area contributed by atoms with Gasteiger partial charge in [0.1, 0.15) is 0 Å². The SMILES string of the molecule is CCc1ccc(C(NCC(=O)Nc2ccc(CC#N)cc2)c2cccs2)cc1. The van der Waals surface area contributed by atoms with Gasteiger partial charge in [0.15, 0.2) is 0 Å². The summed E-state index contributed by atoms with van der Waals surface area (Å²) in [7, 11) is 0. The van der Waals surface area contributed by atoms with Crippen LogP contribution in [0.3, 0.4) is 0 Å². The first-order valence-corrected chi connectivity index (χ1v) is 10.2. The number of benzene rings is 2. The lowest BCUT2D eigenvalue weighted by Gasteiger charge is -2.18. The number of nitrogens with one attached hydrogen (secondary N) is 2. The van der Waals surface area contributed by atoms with Crippen LogP contribution in [-0.2, 0) is 17.6 Å². The minimum absolute atomic E-state index is 0.0188. The van der Waals surface area contributed by atoms with Crippen LogP contribution in [0.15, 0.2) is 66.0 Å². The highest BCUT2D eigenvalue weighted by atomic mass is 32.1. The van der Waals surface area contributed by atoms with Gasteiger partial charge in [-0.15, -0.1) is 11.3 Å². The molecule has 0 saturated heterocycles. The molecule has 4 nitrogen and oxygen atoms in total. The molecular formula is C23H23N3OS. The minimum atomic E-state index is -0.0974. The fraction of sp³-hybridized carbons (Fsp3) is 0.217. The first-order chi connectivity index (χ1) is 13.7. The van der Waals surface area contributed by atoms with E-state index in [1.54, 1.807) is 11.3 Å². The van der Waals surface area contributed by atoms with E-state index in [1.807, 2.05) is 35.7 Å². The van der Waals surface area contributed by atoms with Crippen molar-refractivity contribution in [3.05, 3.63) is 87.6 Å². The van der Waals surface area contributed by atoms with Crippen molar-refractivity contribution >= 4 is 22.9 Å². The quantitative estimate of drug-likeness (QED) is 0.587. The first-order valence-electron chi connectivity index (χ1n) is 9.31. The number of amides is 1. The fourth-order valence-corrected chi connectivity index (χ4v) is 3.81. The molecule has 0 aliphatic carbocycles. The largest absolute Gasteiger partial charge is 0.325 e. The molecule has 28 heavy (non-hydrogen) atoms. The van der Waals surface area contributed by atoms with E-state index in [0.717, 1.165) is 23.2 Å². The van der Waals surface area contributed by atoms with Gasteiger partial charge >= 0.3 is 0 Å². The predicted octanol–water partition coefficient (Wildman–Crippen LogP) is 4.69. The fourth-order valence-electron chi connectivity index (χ4n) is 2.98. The normalized spacial score (nSPS) is 11.6. The molecule has 0 spiro atoms. The van der Waals surface area contributed by atoms with E-state index in [9.17, 15) is 4.79 Å². The van der Waals surface area contributed by atoms with Crippen LogP contribution in [-0.4, -0.2) is 12.5 Å². The number of rotatable bonds is 8. The highest BCUT2D eigenvalue weighted by molar-refractivity contribution is 7.10. The third-order valence-corrected chi connectivity index (χ3v) is 5.47. The summed E-state index contributed by atoms with van der Waals surface area (Å²) in [6.07, 6.45) is 1.38. The highest BCUT2D eigenvalue weighted by Gasteiger charge is 2.16. The molecule has 142 valence electrons. The van der Waals surface area contributed by atoms with E-state index in [4.69, 9.17) is 5.26 Å². The topological polar surface area (TPSA) is 64.9 Å². The predicted molar refractivity (Wildman–Crippen MR) is 114 cm³/mol. The van der Waals surface area contributed by atoms with E-state index in [0.29, 0.717) is 6.42 Å². The average molecular weight is 390 g/mol. The Hall–Kier alpha value is -2.94. The summed E-state index contributed by atoms with van der Waals surface area (Å²) in [6.45, 7) is 2.35. The minimum Gasteiger partial charge on any atom is -0.325 e. The van der Waals surface area contributed by atoms with Crippen molar-refractivity contribution in [3.8, 4) is 6.07 Å². The highest BCUT2D eigenvalue weighted by Crippen LogP contribution is 2.26. The van der Waals surface area contributed by atoms with Gasteiger partial charge in [-0.3, -0.25) is 10.1 Å². The lowest BCUT2D eigenvalue weighted by atomic mass is 10.0. The zero-order valence-corrected chi connectivity index (χ0v) is 16.6. The molecule has 0 bridgehead atoms. The second-order valence-corrected chi connectivity index (χ2v) is 7.48. The summed E-state index contributed by atoms with van der Waals surface area (Å²) in [5.74, 6) is -0.0974. The molecule has 1 atom stereocenters. The van der Waals surface area contributed by atoms with E-state index in [2.05, 4.69) is 54.0 Å². The van der Waals surface area contributed by atoms with E-state index < -0.39 is 0 Å². The lowest BCUT2D eigenvalue weighted by molar-refractivity contribution is -0.115. The maximum absolute atomic E-state index is 12.4. The third-order valence-electron chi connectivity index (χ3n) is 4.54. The summed E-state index contributed by atoms with van der Waals surface area (Å²) < 4.78 is 0. The van der Waals surface area contributed by atoms with Crippen molar-refractivity contribution in [1.82, 2.24) is 5.32 Å². The number of nitriles is 1. The van der Waals surface area contributed by atoms with Crippen LogP contribution in [0, 0.1) is 11.3 Å². The van der Waals surface area contributed by atoms with Gasteiger partial charge in [-0.2, -0.15) is 5.26 Å². The number of nitrogens with zero attached hydrogens (tertiary/aromatic N) is 1. The van der Waals surface area contributed by atoms with Crippen molar-refractivity contribution < 1.29 is 4.79 Å². The number of thiophene rings is 1. The molecule has 5 heteroatoms. The third kappa shape index (κ3) is 5.29. The summed E-state index contributed by atoms with van der Waals surface area (Å²) in [4.78, 5) is 13.6. The Kier molecular flexibility index (Phi) is 6.96. The summed E-state index contributed by atoms with van der Waals surface area (Å²) in [5, 5.41) is 17.1. The maximum atomic E-state index is 12.4. The molecule has 3 aromatic rings. The van der Waals surface area contributed by atoms with E-state index in [1.165, 1.54) is 10.4 Å². The number of anilines is 1. The molecule has 0 aliphatic rings. The van der Waals surface area contributed by atoms with Crippen molar-refractivity contribution in [3.63, 3.8) is 0 Å². The molecule has 0 saturated carbocycles. The molecule has 0 aliphatic heterocycles. The Labute approximate surface area is 169 Å². The number of hydrogen-bond donors (Lipinski definition) is 2. The van der Waals surface area contributed by atoms with Crippen molar-refractivity contribution in [2.45, 2.75) is 25.8 Å². The van der Waals surface area contributed by atoms with Crippen molar-refractivity contribution in [1.29, 1.82) is 5.26 Å². The first kappa shape index (κ1) is 19.8. The molecule has 1 unspecified atom stereocenters. The van der Waals surface area contributed by atoms with Crippen LogP contribution < -0.4 is 10.6 Å². The molecule has 0 fully saturated rings. The second-order valence-electron chi connectivity index (χ2n) is 6.50. The molecule has 2 N–H and O–H groups in total. The molecule has 1 aromatic heterocycles. The van der Waals surface area contributed by atoms with Gasteiger partial charge in [0.05, 0.1) is 25.1 Å². The Bertz CT molecular complexity index is 925. The molecule has 1 heterocycles. The van der Waals surface area contributed by atoms with Gasteiger partial charge in [-0.1, -0.05) is 49.4 Å². The van der Waals surface area contributed by atoms with Crippen LogP contribution in [0.4, 0.5) is 5.69 Å². The number of carbonyl (C=O) groups is 1. The summed E-state index contributed by atoms with van der Waals surface area (Å²) >= 11 is 1.68. The van der Waals surface area contributed by atoms with E-state index >= 15 is 0 Å². The van der Waals surface area contributed by atoms with Gasteiger partial charge in [0, 0.05) is 10.6 Å². The van der Waals surface area contributed by atoms with E-state index in [-0.39, 0.29) is 18.5 Å². The standard InChI is InChI=1S/C23H23N3OS/c1-2-17-5-9-19(10-6-17)23(21-4-3-15-28-21)25-16-22(27)26-20-11-7-18(8-12-20)13-14-24/h3-12,15,23,25H,2,13,16H2,1H3,(H,26,27). The van der Waals surface area contributed by atoms with Gasteiger partial charge in [0.2, 0.25) is 5.91 Å². The van der Waals surface area contributed by atoms with Crippen LogP contribution >= 0.6 is 11.3 Å². The van der Waals surface area contributed by atoms with Crippen LogP contribution in [0.1, 0.15) is 34.5 Å². The Balaban J connectivity index is 1.64. The van der Waals surface area contributed by atoms with Gasteiger partial charge in [-0.25, -0.2) is 0 Å². The lowest BCUT2D eigenvalue weighted by Crippen LogP contribution is -2.31. The van der Waals surface area contributed by atoms with Gasteiger partial charge in [-0.05, 0) is 46.7 Å².